The molecule has 0 spiro atoms. The molecule has 0 fully saturated rings. The summed E-state index contributed by atoms with van der Waals surface area (Å²) in [6.07, 6.45) is 1.46. The Labute approximate surface area is 140 Å². The number of benzene rings is 1. The zero-order valence-electron chi connectivity index (χ0n) is 12.5. The number of hydrogen-bond acceptors (Lipinski definition) is 4. The van der Waals surface area contributed by atoms with Crippen LogP contribution < -0.4 is 4.74 Å². The first-order valence-corrected chi connectivity index (χ1v) is 8.78. The zero-order chi connectivity index (χ0) is 15.3. The van der Waals surface area contributed by atoms with Crippen molar-refractivity contribution in [3.63, 3.8) is 0 Å². The lowest BCUT2D eigenvalue weighted by molar-refractivity contribution is 0.0417. The van der Waals surface area contributed by atoms with Crippen LogP contribution in [-0.2, 0) is 9.47 Å². The van der Waals surface area contributed by atoms with E-state index in [1.807, 2.05) is 31.2 Å². The number of carbonyl (C=O) groups is 1. The molecule has 1 aromatic carbocycles. The molecular weight excluding hydrogens is 383 g/mol. The number of carbonyl (C=O) groups excluding carboxylic acids is 1. The largest absolute Gasteiger partial charge is 0.491 e. The van der Waals surface area contributed by atoms with Crippen LogP contribution in [0, 0.1) is 0 Å². The lowest BCUT2D eigenvalue weighted by Gasteiger charge is -2.08. The van der Waals surface area contributed by atoms with Gasteiger partial charge in [0, 0.05) is 16.4 Å². The molecule has 5 heteroatoms. The van der Waals surface area contributed by atoms with E-state index in [1.165, 1.54) is 0 Å². The third-order valence-corrected chi connectivity index (χ3v) is 3.18. The molecule has 0 aliphatic carbocycles. The summed E-state index contributed by atoms with van der Waals surface area (Å²) in [5.41, 5.74) is 0.743. The van der Waals surface area contributed by atoms with Crippen LogP contribution in [0.4, 0.5) is 0 Å². The van der Waals surface area contributed by atoms with Gasteiger partial charge in [-0.1, -0.05) is 29.5 Å². The topological polar surface area (TPSA) is 44.8 Å². The van der Waals surface area contributed by atoms with E-state index in [-0.39, 0.29) is 5.78 Å². The number of Topliss-reactive ketones (excluding diaryl/α,β-unsaturated/α-hetero) is 1. The number of ketones is 1. The summed E-state index contributed by atoms with van der Waals surface area (Å²) >= 11 is 2.27. The summed E-state index contributed by atoms with van der Waals surface area (Å²) in [6, 6.07) is 7.27. The van der Waals surface area contributed by atoms with Crippen LogP contribution in [-0.4, -0.2) is 43.2 Å². The van der Waals surface area contributed by atoms with Gasteiger partial charge in [-0.2, -0.15) is 0 Å². The van der Waals surface area contributed by atoms with Crippen LogP contribution in [0.3, 0.4) is 0 Å². The summed E-state index contributed by atoms with van der Waals surface area (Å²) in [5, 5.41) is 0. The predicted octanol–water partition coefficient (Wildman–Crippen LogP) is 3.52. The van der Waals surface area contributed by atoms with Crippen molar-refractivity contribution in [1.29, 1.82) is 0 Å². The highest BCUT2D eigenvalue weighted by Gasteiger charge is 2.04. The van der Waals surface area contributed by atoms with Crippen LogP contribution in [0.1, 0.15) is 30.1 Å². The SMILES string of the molecule is CCCC(=O)c1ccc(OCCOCCOCCI)cc1. The maximum Gasteiger partial charge on any atom is 0.162 e. The Hall–Kier alpha value is -0.660. The van der Waals surface area contributed by atoms with Crippen LogP contribution in [0.2, 0.25) is 0 Å². The second kappa shape index (κ2) is 11.9. The number of halogens is 1. The van der Waals surface area contributed by atoms with Crippen molar-refractivity contribution >= 4 is 28.4 Å². The molecule has 0 aliphatic heterocycles. The van der Waals surface area contributed by atoms with Crippen molar-refractivity contribution < 1.29 is 19.0 Å². The number of rotatable bonds is 12. The highest BCUT2D eigenvalue weighted by atomic mass is 127. The Morgan fingerprint density at radius 1 is 1.00 bits per heavy atom. The molecule has 21 heavy (non-hydrogen) atoms. The van der Waals surface area contributed by atoms with E-state index < -0.39 is 0 Å². The van der Waals surface area contributed by atoms with Gasteiger partial charge in [0.15, 0.2) is 5.78 Å². The number of hydrogen-bond donors (Lipinski definition) is 0. The third kappa shape index (κ3) is 8.38. The van der Waals surface area contributed by atoms with Crippen molar-refractivity contribution in [2.45, 2.75) is 19.8 Å². The molecule has 0 heterocycles. The molecule has 118 valence electrons. The quantitative estimate of drug-likeness (QED) is 0.231. The van der Waals surface area contributed by atoms with Crippen LogP contribution in [0.15, 0.2) is 24.3 Å². The van der Waals surface area contributed by atoms with Gasteiger partial charge in [-0.15, -0.1) is 0 Å². The normalized spacial score (nSPS) is 10.6. The Balaban J connectivity index is 2.14. The first-order chi connectivity index (χ1) is 10.3. The van der Waals surface area contributed by atoms with Crippen LogP contribution in [0.5, 0.6) is 5.75 Å². The van der Waals surface area contributed by atoms with Gasteiger partial charge >= 0.3 is 0 Å². The maximum absolute atomic E-state index is 11.7. The van der Waals surface area contributed by atoms with Gasteiger partial charge in [0.05, 0.1) is 26.4 Å². The molecule has 0 radical (unpaired) electrons. The van der Waals surface area contributed by atoms with Crippen molar-refractivity contribution in [3.8, 4) is 5.75 Å². The van der Waals surface area contributed by atoms with Crippen molar-refractivity contribution in [1.82, 2.24) is 0 Å². The van der Waals surface area contributed by atoms with Gasteiger partial charge in [-0.25, -0.2) is 0 Å². The molecule has 1 rings (SSSR count). The molecule has 0 amide bonds. The molecule has 1 aromatic rings. The van der Waals surface area contributed by atoms with Gasteiger partial charge in [0.25, 0.3) is 0 Å². The van der Waals surface area contributed by atoms with Gasteiger partial charge in [0.2, 0.25) is 0 Å². The molecule has 0 saturated heterocycles. The molecule has 0 N–H and O–H groups in total. The molecule has 0 aromatic heterocycles. The molecule has 4 nitrogen and oxygen atoms in total. The second-order valence-electron chi connectivity index (χ2n) is 4.46. The lowest BCUT2D eigenvalue weighted by Crippen LogP contribution is -2.11. The Morgan fingerprint density at radius 3 is 2.24 bits per heavy atom. The standard InChI is InChI=1S/C16H23IO4/c1-2-3-16(18)14-4-6-15(7-5-14)21-13-12-20-11-10-19-9-8-17/h4-7H,2-3,8-13H2,1H3. The van der Waals surface area contributed by atoms with E-state index in [0.29, 0.717) is 32.8 Å². The van der Waals surface area contributed by atoms with E-state index in [0.717, 1.165) is 28.8 Å². The first kappa shape index (κ1) is 18.4. The zero-order valence-corrected chi connectivity index (χ0v) is 14.6. The predicted molar refractivity (Wildman–Crippen MR) is 91.7 cm³/mol. The smallest absolute Gasteiger partial charge is 0.162 e. The molecule has 0 aliphatic rings. The molecular formula is C16H23IO4. The summed E-state index contributed by atoms with van der Waals surface area (Å²) in [6.45, 7) is 5.01. The van der Waals surface area contributed by atoms with E-state index >= 15 is 0 Å². The van der Waals surface area contributed by atoms with Gasteiger partial charge in [0.1, 0.15) is 12.4 Å². The molecule has 0 unspecified atom stereocenters. The monoisotopic (exact) mass is 406 g/mol. The first-order valence-electron chi connectivity index (χ1n) is 7.25. The lowest BCUT2D eigenvalue weighted by atomic mass is 10.1. The molecule has 0 atom stereocenters. The Bertz CT molecular complexity index is 392. The van der Waals surface area contributed by atoms with E-state index in [4.69, 9.17) is 14.2 Å². The highest BCUT2D eigenvalue weighted by Crippen LogP contribution is 2.13. The number of ether oxygens (including phenoxy) is 3. The minimum absolute atomic E-state index is 0.180. The van der Waals surface area contributed by atoms with E-state index in [2.05, 4.69) is 22.6 Å². The fraction of sp³-hybridized carbons (Fsp3) is 0.562. The average molecular weight is 406 g/mol. The van der Waals surface area contributed by atoms with Crippen molar-refractivity contribution in [3.05, 3.63) is 29.8 Å². The third-order valence-electron chi connectivity index (χ3n) is 2.74. The van der Waals surface area contributed by atoms with E-state index in [9.17, 15) is 4.79 Å². The van der Waals surface area contributed by atoms with Crippen LogP contribution >= 0.6 is 22.6 Å². The maximum atomic E-state index is 11.7. The Kier molecular flexibility index (Phi) is 10.5. The Morgan fingerprint density at radius 2 is 1.62 bits per heavy atom. The van der Waals surface area contributed by atoms with Crippen LogP contribution in [0.25, 0.3) is 0 Å². The van der Waals surface area contributed by atoms with Crippen molar-refractivity contribution in [2.24, 2.45) is 0 Å². The summed E-state index contributed by atoms with van der Waals surface area (Å²) < 4.78 is 17.2. The van der Waals surface area contributed by atoms with Gasteiger partial charge < -0.3 is 14.2 Å². The summed E-state index contributed by atoms with van der Waals surface area (Å²) in [4.78, 5) is 11.7. The summed E-state index contributed by atoms with van der Waals surface area (Å²) in [5.74, 6) is 0.937. The second-order valence-corrected chi connectivity index (χ2v) is 5.54. The minimum Gasteiger partial charge on any atom is -0.491 e. The fourth-order valence-corrected chi connectivity index (χ4v) is 2.01. The minimum atomic E-state index is 0.180. The average Bonchev–Trinajstić information content (AvgIpc) is 2.51. The fourth-order valence-electron chi connectivity index (χ4n) is 1.70. The summed E-state index contributed by atoms with van der Waals surface area (Å²) in [7, 11) is 0. The highest BCUT2D eigenvalue weighted by molar-refractivity contribution is 14.1. The van der Waals surface area contributed by atoms with Gasteiger partial charge in [-0.3, -0.25) is 4.79 Å². The molecule has 0 saturated carbocycles. The molecule has 0 bridgehead atoms. The van der Waals surface area contributed by atoms with E-state index in [1.54, 1.807) is 0 Å². The van der Waals surface area contributed by atoms with Gasteiger partial charge in [-0.05, 0) is 30.7 Å². The van der Waals surface area contributed by atoms with Crippen molar-refractivity contribution in [2.75, 3.05) is 37.5 Å². The number of alkyl halides is 1.